The molecular weight excluding hydrogens is 286 g/mol. The van der Waals surface area contributed by atoms with E-state index in [9.17, 15) is 5.11 Å². The topological polar surface area (TPSA) is 32.7 Å². The van der Waals surface area contributed by atoms with Crippen LogP contribution in [0.4, 0.5) is 0 Å². The van der Waals surface area contributed by atoms with Crippen molar-refractivity contribution in [1.29, 1.82) is 0 Å². The summed E-state index contributed by atoms with van der Waals surface area (Å²) in [6.07, 6.45) is 10.5. The Morgan fingerprint density at radius 2 is 1.83 bits per heavy atom. The van der Waals surface area contributed by atoms with Crippen LogP contribution in [0.1, 0.15) is 72.1 Å². The van der Waals surface area contributed by atoms with Crippen LogP contribution in [0.3, 0.4) is 0 Å². The Bertz CT molecular complexity index is 404. The van der Waals surface area contributed by atoms with E-state index in [0.717, 1.165) is 12.5 Å². The molecule has 0 aromatic rings. The molecule has 3 aliphatic carbocycles. The molecule has 0 aromatic carbocycles. The fourth-order valence-corrected chi connectivity index (χ4v) is 5.67. The molecule has 0 radical (unpaired) electrons. The molecule has 23 heavy (non-hydrogen) atoms. The van der Waals surface area contributed by atoms with E-state index < -0.39 is 0 Å². The van der Waals surface area contributed by atoms with E-state index >= 15 is 0 Å². The van der Waals surface area contributed by atoms with Crippen molar-refractivity contribution >= 4 is 0 Å². The molecule has 0 amide bonds. The van der Waals surface area contributed by atoms with E-state index in [1.54, 1.807) is 0 Å². The van der Waals surface area contributed by atoms with Crippen LogP contribution in [-0.4, -0.2) is 48.5 Å². The van der Waals surface area contributed by atoms with Crippen LogP contribution in [0.2, 0.25) is 0 Å². The summed E-state index contributed by atoms with van der Waals surface area (Å²) >= 11 is 0. The van der Waals surface area contributed by atoms with E-state index in [1.807, 2.05) is 0 Å². The number of hydrogen-bond donors (Lipinski definition) is 1. The lowest BCUT2D eigenvalue weighted by Crippen LogP contribution is -2.42. The van der Waals surface area contributed by atoms with Crippen molar-refractivity contribution in [3.05, 3.63) is 0 Å². The number of likely N-dealkylation sites (N-methyl/N-ethyl adjacent to an activating group) is 1. The first-order valence-electron chi connectivity index (χ1n) is 9.84. The average Bonchev–Trinajstić information content (AvgIpc) is 2.86. The van der Waals surface area contributed by atoms with Crippen molar-refractivity contribution in [2.24, 2.45) is 16.7 Å². The zero-order valence-corrected chi connectivity index (χ0v) is 15.7. The SMILES string of the molecule is CN(C[C@@H](O)CO[C@@H]1C[C@H]2CC[C@@]1(C)C2(C)C)C1CCCCC1. The summed E-state index contributed by atoms with van der Waals surface area (Å²) < 4.78 is 6.25. The maximum Gasteiger partial charge on any atom is 0.0900 e. The highest BCUT2D eigenvalue weighted by Gasteiger charge is 2.61. The van der Waals surface area contributed by atoms with Crippen LogP contribution in [0.5, 0.6) is 0 Å². The zero-order valence-electron chi connectivity index (χ0n) is 15.7. The van der Waals surface area contributed by atoms with Crippen LogP contribution in [0.15, 0.2) is 0 Å². The monoisotopic (exact) mass is 323 g/mol. The van der Waals surface area contributed by atoms with Gasteiger partial charge in [0.05, 0.1) is 18.8 Å². The number of fused-ring (bicyclic) bond motifs is 2. The smallest absolute Gasteiger partial charge is 0.0900 e. The van der Waals surface area contributed by atoms with Crippen molar-refractivity contribution in [2.45, 2.75) is 90.4 Å². The second-order valence-electron chi connectivity index (χ2n) is 9.32. The molecule has 2 bridgehead atoms. The molecule has 0 unspecified atom stereocenters. The third-order valence-electron chi connectivity index (χ3n) is 7.90. The summed E-state index contributed by atoms with van der Waals surface area (Å²) in [5.41, 5.74) is 0.689. The van der Waals surface area contributed by atoms with Crippen LogP contribution in [0, 0.1) is 16.7 Å². The predicted molar refractivity (Wildman–Crippen MR) is 94.5 cm³/mol. The molecule has 0 aromatic heterocycles. The van der Waals surface area contributed by atoms with Gasteiger partial charge in [-0.1, -0.05) is 40.0 Å². The Morgan fingerprint density at radius 3 is 2.39 bits per heavy atom. The molecule has 0 saturated heterocycles. The van der Waals surface area contributed by atoms with E-state index in [-0.39, 0.29) is 6.10 Å². The number of rotatable bonds is 6. The number of ether oxygens (including phenoxy) is 1. The van der Waals surface area contributed by atoms with Gasteiger partial charge in [0.1, 0.15) is 0 Å². The van der Waals surface area contributed by atoms with Gasteiger partial charge in [0, 0.05) is 12.6 Å². The highest BCUT2D eigenvalue weighted by atomic mass is 16.5. The van der Waals surface area contributed by atoms with Crippen LogP contribution >= 0.6 is 0 Å². The van der Waals surface area contributed by atoms with E-state index in [0.29, 0.717) is 29.6 Å². The van der Waals surface area contributed by atoms with Gasteiger partial charge in [-0.3, -0.25) is 0 Å². The third-order valence-corrected chi connectivity index (χ3v) is 7.90. The normalized spacial score (nSPS) is 38.3. The first kappa shape index (κ1) is 17.7. The molecule has 4 atom stereocenters. The Labute approximate surface area is 142 Å². The summed E-state index contributed by atoms with van der Waals surface area (Å²) in [4.78, 5) is 2.36. The predicted octanol–water partition coefficient (Wildman–Crippen LogP) is 3.84. The quantitative estimate of drug-likeness (QED) is 0.806. The summed E-state index contributed by atoms with van der Waals surface area (Å²) in [6, 6.07) is 0.664. The number of aliphatic hydroxyl groups is 1. The van der Waals surface area contributed by atoms with Gasteiger partial charge >= 0.3 is 0 Å². The van der Waals surface area contributed by atoms with Gasteiger partial charge in [0.2, 0.25) is 0 Å². The third kappa shape index (κ3) is 3.21. The Kier molecular flexibility index (Phi) is 5.11. The van der Waals surface area contributed by atoms with Crippen LogP contribution < -0.4 is 0 Å². The molecular formula is C20H37NO2. The van der Waals surface area contributed by atoms with Gasteiger partial charge in [-0.25, -0.2) is 0 Å². The molecule has 1 N–H and O–H groups in total. The fraction of sp³-hybridized carbons (Fsp3) is 1.00. The summed E-state index contributed by atoms with van der Waals surface area (Å²) in [5.74, 6) is 0.805. The highest BCUT2D eigenvalue weighted by Crippen LogP contribution is 2.66. The number of aliphatic hydroxyl groups excluding tert-OH is 1. The van der Waals surface area contributed by atoms with Crippen molar-refractivity contribution in [3.8, 4) is 0 Å². The van der Waals surface area contributed by atoms with Gasteiger partial charge in [-0.2, -0.15) is 0 Å². The maximum atomic E-state index is 10.4. The van der Waals surface area contributed by atoms with Crippen LogP contribution in [-0.2, 0) is 4.74 Å². The van der Waals surface area contributed by atoms with Crippen molar-refractivity contribution in [1.82, 2.24) is 4.90 Å². The second-order valence-corrected chi connectivity index (χ2v) is 9.32. The summed E-state index contributed by atoms with van der Waals surface area (Å²) in [6.45, 7) is 8.49. The van der Waals surface area contributed by atoms with E-state index in [4.69, 9.17) is 4.74 Å². The zero-order chi connectivity index (χ0) is 16.7. The lowest BCUT2D eigenvalue weighted by molar-refractivity contribution is -0.0802. The van der Waals surface area contributed by atoms with Gasteiger partial charge in [0.25, 0.3) is 0 Å². The largest absolute Gasteiger partial charge is 0.389 e. The highest BCUT2D eigenvalue weighted by molar-refractivity contribution is 5.11. The van der Waals surface area contributed by atoms with Gasteiger partial charge in [0.15, 0.2) is 0 Å². The Balaban J connectivity index is 1.45. The van der Waals surface area contributed by atoms with Crippen molar-refractivity contribution in [2.75, 3.05) is 20.2 Å². The molecule has 3 nitrogen and oxygen atoms in total. The van der Waals surface area contributed by atoms with Gasteiger partial charge < -0.3 is 14.7 Å². The molecule has 3 rings (SSSR count). The minimum absolute atomic E-state index is 0.298. The fourth-order valence-electron chi connectivity index (χ4n) is 5.67. The van der Waals surface area contributed by atoms with E-state index in [1.165, 1.54) is 51.4 Å². The average molecular weight is 324 g/mol. The molecule has 3 fully saturated rings. The minimum atomic E-state index is -0.354. The van der Waals surface area contributed by atoms with Gasteiger partial charge in [-0.05, 0) is 55.9 Å². The maximum absolute atomic E-state index is 10.4. The first-order chi connectivity index (χ1) is 10.8. The Hall–Kier alpha value is -0.120. The standard InChI is InChI=1S/C20H37NO2/c1-19(2)15-10-11-20(19,3)18(12-15)23-14-17(22)13-21(4)16-8-6-5-7-9-16/h15-18,22H,5-14H2,1-4H3/t15-,17-,18-,20-/m1/s1. The van der Waals surface area contributed by atoms with Crippen LogP contribution in [0.25, 0.3) is 0 Å². The molecule has 3 aliphatic rings. The first-order valence-corrected chi connectivity index (χ1v) is 9.84. The Morgan fingerprint density at radius 1 is 1.13 bits per heavy atom. The molecule has 3 saturated carbocycles. The molecule has 0 heterocycles. The number of hydrogen-bond acceptors (Lipinski definition) is 3. The van der Waals surface area contributed by atoms with Crippen molar-refractivity contribution in [3.63, 3.8) is 0 Å². The molecule has 0 spiro atoms. The summed E-state index contributed by atoms with van der Waals surface area (Å²) in [5, 5.41) is 10.4. The molecule has 134 valence electrons. The second kappa shape index (κ2) is 6.65. The lowest BCUT2D eigenvalue weighted by atomic mass is 9.70. The molecule has 0 aliphatic heterocycles. The van der Waals surface area contributed by atoms with E-state index in [2.05, 4.69) is 32.7 Å². The molecule has 3 heteroatoms. The van der Waals surface area contributed by atoms with Crippen molar-refractivity contribution < 1.29 is 9.84 Å². The summed E-state index contributed by atoms with van der Waals surface area (Å²) in [7, 11) is 2.17. The number of nitrogens with zero attached hydrogens (tertiary/aromatic N) is 1. The van der Waals surface area contributed by atoms with Gasteiger partial charge in [-0.15, -0.1) is 0 Å². The minimum Gasteiger partial charge on any atom is -0.389 e. The lowest BCUT2D eigenvalue weighted by Gasteiger charge is -2.39.